The van der Waals surface area contributed by atoms with E-state index in [2.05, 4.69) is 22.2 Å². The van der Waals surface area contributed by atoms with Crippen LogP contribution in [-0.4, -0.2) is 120 Å². The van der Waals surface area contributed by atoms with E-state index in [1.165, 1.54) is 42.7 Å². The van der Waals surface area contributed by atoms with Gasteiger partial charge >= 0.3 is 0 Å². The van der Waals surface area contributed by atoms with Crippen molar-refractivity contribution in [1.29, 1.82) is 0 Å². The van der Waals surface area contributed by atoms with Gasteiger partial charge in [-0.1, -0.05) is 34.6 Å². The maximum Gasteiger partial charge on any atom is 0.193 e. The van der Waals surface area contributed by atoms with Gasteiger partial charge < -0.3 is 62.7 Å². The number of methoxy groups -OCH3 is 12. The number of carbonyl (C=O) groups is 3. The second-order valence-corrected chi connectivity index (χ2v) is 19.1. The third-order valence-electron chi connectivity index (χ3n) is 14.7. The van der Waals surface area contributed by atoms with Crippen LogP contribution in [0.1, 0.15) is 138 Å². The van der Waals surface area contributed by atoms with Crippen LogP contribution in [0.5, 0.6) is 69.0 Å². The zero-order chi connectivity index (χ0) is 62.7. The Labute approximate surface area is 498 Å². The van der Waals surface area contributed by atoms with E-state index in [0.717, 1.165) is 45.8 Å². The molecule has 0 amide bonds. The van der Waals surface area contributed by atoms with E-state index in [4.69, 9.17) is 62.7 Å². The molecule has 6 aromatic rings. The highest BCUT2D eigenvalue weighted by atomic mass is 16.5. The summed E-state index contributed by atoms with van der Waals surface area (Å²) in [6.07, 6.45) is 1.95. The Hall–Kier alpha value is -9.26. The highest BCUT2D eigenvalue weighted by molar-refractivity contribution is 6.16. The number of carbonyl (C=O) groups excluding carboxylic acids is 3. The number of hydrogen-bond donors (Lipinski definition) is 1. The Morgan fingerprint density at radius 3 is 1.24 bits per heavy atom. The maximum atomic E-state index is 13.4. The van der Waals surface area contributed by atoms with Gasteiger partial charge in [0.2, 0.25) is 0 Å². The summed E-state index contributed by atoms with van der Waals surface area (Å²) in [6, 6.07) is 26.6. The van der Waals surface area contributed by atoms with Gasteiger partial charge in [-0.25, -0.2) is 0 Å². The summed E-state index contributed by atoms with van der Waals surface area (Å²) in [6.45, 7) is 11.7. The molecule has 0 radical (unpaired) electrons. The SMILES string of the molecule is CC/C(=N/N)C(C)c1cc(OC)c(OC)cc1C(=O)c1ccc(OC)c(OC)c1.CCC(=O)C(C)c1cc(OC)c(OC)cc1C(=O)c1ccc(OC)c(OC)c1.CCC1C(C)=NN=C(c2ccc(OC)c(OC)c2)c2cc(OC)c(OC)cc21. The summed E-state index contributed by atoms with van der Waals surface area (Å²) < 4.78 is 64.6. The summed E-state index contributed by atoms with van der Waals surface area (Å²) in [5.74, 6) is 11.3. The molecule has 1 aliphatic heterocycles. The lowest BCUT2D eigenvalue weighted by Crippen LogP contribution is -2.16. The lowest BCUT2D eigenvalue weighted by atomic mass is 9.85. The maximum absolute atomic E-state index is 13.4. The van der Waals surface area contributed by atoms with Crippen molar-refractivity contribution in [1.82, 2.24) is 0 Å². The van der Waals surface area contributed by atoms with E-state index in [9.17, 15) is 14.4 Å². The molecule has 85 heavy (non-hydrogen) atoms. The minimum atomic E-state index is -0.455. The van der Waals surface area contributed by atoms with Crippen LogP contribution < -0.4 is 62.7 Å². The number of fused-ring (bicyclic) bond motifs is 1. The second-order valence-electron chi connectivity index (χ2n) is 19.1. The predicted molar refractivity (Wildman–Crippen MR) is 330 cm³/mol. The quantitative estimate of drug-likeness (QED) is 0.0257. The summed E-state index contributed by atoms with van der Waals surface area (Å²) in [7, 11) is 18.7. The van der Waals surface area contributed by atoms with Crippen LogP contribution in [0.25, 0.3) is 0 Å². The van der Waals surface area contributed by atoms with Crippen molar-refractivity contribution in [2.75, 3.05) is 85.3 Å². The fourth-order valence-electron chi connectivity index (χ4n) is 9.91. The van der Waals surface area contributed by atoms with Crippen LogP contribution in [0.4, 0.5) is 0 Å². The van der Waals surface area contributed by atoms with Gasteiger partial charge in [0.05, 0.1) is 85.3 Å². The molecule has 0 saturated carbocycles. The molecule has 1 heterocycles. The van der Waals surface area contributed by atoms with Crippen molar-refractivity contribution < 1.29 is 71.2 Å². The zero-order valence-corrected chi connectivity index (χ0v) is 52.1. The number of nitrogens with two attached hydrogens (primary N) is 1. The minimum Gasteiger partial charge on any atom is -0.493 e. The second kappa shape index (κ2) is 31.4. The molecule has 0 aromatic heterocycles. The van der Waals surface area contributed by atoms with Crippen molar-refractivity contribution in [3.63, 3.8) is 0 Å². The first-order valence-electron chi connectivity index (χ1n) is 27.4. The molecule has 19 heteroatoms. The monoisotopic (exact) mass is 1170 g/mol. The molecule has 2 N–H and O–H groups in total. The van der Waals surface area contributed by atoms with Gasteiger partial charge in [-0.3, -0.25) is 14.4 Å². The molecule has 0 fully saturated rings. The highest BCUT2D eigenvalue weighted by Crippen LogP contribution is 2.42. The van der Waals surface area contributed by atoms with Gasteiger partial charge in [0.25, 0.3) is 0 Å². The van der Waals surface area contributed by atoms with Crippen molar-refractivity contribution in [2.45, 2.75) is 78.6 Å². The Morgan fingerprint density at radius 1 is 0.459 bits per heavy atom. The molecule has 6 aromatic carbocycles. The lowest BCUT2D eigenvalue weighted by molar-refractivity contribution is -0.119. The standard InChI is InChI=1S/C22H28N2O5.C22H26N2O4.C22H26O6/c1-7-17(24-23)13(2)15-11-20(28-5)21(29-6)12-16(15)22(25)14-8-9-18(26-3)19(10-14)27-4;1-7-15-13(2)23-24-22(14-8-9-18(25-3)19(10-14)26-4)17-12-21(28-6)20(27-5)11-16(15)17;1-7-17(23)13(2)15-11-20(27-5)21(28-6)12-16(15)22(24)14-8-9-18(25-3)19(10-14)26-4/h8-13H,7,23H2,1-6H3;8-12,15H,7H2,1-6H3;8-13H,7H2,1-6H3/b24-17-;;. The molecular weight excluding hydrogens is 1090 g/mol. The number of hydrazone groups is 1. The topological polar surface area (TPSA) is 225 Å². The Balaban J connectivity index is 0.000000233. The Bertz CT molecular complexity index is 3430. The average Bonchev–Trinajstić information content (AvgIpc) is 3.95. The molecule has 454 valence electrons. The number of rotatable bonds is 24. The molecule has 0 bridgehead atoms. The van der Waals surface area contributed by atoms with E-state index < -0.39 is 5.92 Å². The molecule has 3 unspecified atom stereocenters. The van der Waals surface area contributed by atoms with Gasteiger partial charge in [0.1, 0.15) is 11.5 Å². The Kier molecular flexibility index (Phi) is 24.6. The molecule has 7 rings (SSSR count). The van der Waals surface area contributed by atoms with Crippen LogP contribution in [-0.2, 0) is 4.79 Å². The fraction of sp³-hybridized carbons (Fsp3) is 0.364. The third kappa shape index (κ3) is 14.9. The normalized spacial score (nSPS) is 13.2. The Morgan fingerprint density at radius 2 is 0.835 bits per heavy atom. The smallest absolute Gasteiger partial charge is 0.193 e. The lowest BCUT2D eigenvalue weighted by Gasteiger charge is -2.20. The van der Waals surface area contributed by atoms with Crippen LogP contribution >= 0.6 is 0 Å². The number of ether oxygens (including phenoxy) is 12. The fourth-order valence-corrected chi connectivity index (χ4v) is 9.91. The van der Waals surface area contributed by atoms with Gasteiger partial charge in [0, 0.05) is 69.0 Å². The van der Waals surface area contributed by atoms with Crippen molar-refractivity contribution in [2.24, 2.45) is 21.1 Å². The van der Waals surface area contributed by atoms with Gasteiger partial charge in [-0.05, 0) is 127 Å². The molecule has 19 nitrogen and oxygen atoms in total. The van der Waals surface area contributed by atoms with E-state index in [1.807, 2.05) is 51.1 Å². The summed E-state index contributed by atoms with van der Waals surface area (Å²) in [4.78, 5) is 39.1. The van der Waals surface area contributed by atoms with E-state index >= 15 is 0 Å². The number of Topliss-reactive ketones (excluding diaryl/α,β-unsaturated/α-hetero) is 1. The summed E-state index contributed by atoms with van der Waals surface area (Å²) in [5.41, 5.74) is 8.59. The molecule has 0 saturated heterocycles. The predicted octanol–water partition coefficient (Wildman–Crippen LogP) is 12.3. The number of hydrogen-bond acceptors (Lipinski definition) is 19. The first kappa shape index (κ1) is 66.5. The highest BCUT2D eigenvalue weighted by Gasteiger charge is 2.29. The zero-order valence-electron chi connectivity index (χ0n) is 52.1. The van der Waals surface area contributed by atoms with E-state index in [1.54, 1.807) is 117 Å². The number of nitrogens with zero attached hydrogens (tertiary/aromatic N) is 3. The van der Waals surface area contributed by atoms with Crippen molar-refractivity contribution in [3.05, 3.63) is 141 Å². The summed E-state index contributed by atoms with van der Waals surface area (Å²) >= 11 is 0. The van der Waals surface area contributed by atoms with Crippen molar-refractivity contribution in [3.8, 4) is 69.0 Å². The van der Waals surface area contributed by atoms with Gasteiger partial charge in [-0.15, -0.1) is 5.10 Å². The first-order chi connectivity index (χ1) is 40.9. The minimum absolute atomic E-state index is 0.0357. The molecular formula is C66H80N4O15. The average molecular weight is 1170 g/mol. The van der Waals surface area contributed by atoms with Crippen LogP contribution in [0.2, 0.25) is 0 Å². The molecule has 0 aliphatic carbocycles. The number of benzene rings is 6. The van der Waals surface area contributed by atoms with E-state index in [0.29, 0.717) is 110 Å². The van der Waals surface area contributed by atoms with Gasteiger partial charge in [0.15, 0.2) is 80.6 Å². The van der Waals surface area contributed by atoms with Gasteiger partial charge in [-0.2, -0.15) is 10.2 Å². The third-order valence-corrected chi connectivity index (χ3v) is 14.7. The van der Waals surface area contributed by atoms with Crippen molar-refractivity contribution >= 4 is 34.5 Å². The first-order valence-corrected chi connectivity index (χ1v) is 27.4. The van der Waals surface area contributed by atoms with Crippen LogP contribution in [0.3, 0.4) is 0 Å². The molecule has 0 spiro atoms. The molecule has 1 aliphatic rings. The largest absolute Gasteiger partial charge is 0.493 e. The summed E-state index contributed by atoms with van der Waals surface area (Å²) in [5, 5.41) is 13.0. The van der Waals surface area contributed by atoms with E-state index in [-0.39, 0.29) is 29.2 Å². The molecule has 3 atom stereocenters. The van der Waals surface area contributed by atoms with Crippen LogP contribution in [0.15, 0.2) is 106 Å². The van der Waals surface area contributed by atoms with Crippen LogP contribution in [0, 0.1) is 0 Å². The number of ketones is 3.